The standard InChI is InChI=1S/C15H17ClFN3/c1-10-2-5-14(15(16)19-10)12-7-18-20(9-12)8-11-3-4-13(17)6-11/h2,5,7,9,11,13H,3-4,6,8H2,1H3/t11-,13+/m1/s1. The van der Waals surface area contributed by atoms with Gasteiger partial charge in [-0.2, -0.15) is 5.10 Å². The minimum absolute atomic E-state index is 0.393. The zero-order chi connectivity index (χ0) is 14.1. The fourth-order valence-electron chi connectivity index (χ4n) is 2.79. The van der Waals surface area contributed by atoms with Crippen molar-refractivity contribution < 1.29 is 4.39 Å². The molecule has 2 heterocycles. The predicted octanol–water partition coefficient (Wildman–Crippen LogP) is 4.05. The van der Waals surface area contributed by atoms with Gasteiger partial charge >= 0.3 is 0 Å². The molecular formula is C15H17ClFN3. The van der Waals surface area contributed by atoms with Gasteiger partial charge in [0.1, 0.15) is 11.3 Å². The first-order valence-electron chi connectivity index (χ1n) is 6.92. The van der Waals surface area contributed by atoms with Crippen molar-refractivity contribution in [3.05, 3.63) is 35.4 Å². The van der Waals surface area contributed by atoms with Crippen molar-refractivity contribution in [3.63, 3.8) is 0 Å². The number of alkyl halides is 1. The van der Waals surface area contributed by atoms with E-state index in [1.807, 2.05) is 29.9 Å². The van der Waals surface area contributed by atoms with Crippen molar-refractivity contribution in [1.82, 2.24) is 14.8 Å². The molecule has 1 fully saturated rings. The highest BCUT2D eigenvalue weighted by Gasteiger charge is 2.24. The van der Waals surface area contributed by atoms with E-state index < -0.39 is 6.17 Å². The molecule has 20 heavy (non-hydrogen) atoms. The topological polar surface area (TPSA) is 30.7 Å². The van der Waals surface area contributed by atoms with Crippen LogP contribution < -0.4 is 0 Å². The van der Waals surface area contributed by atoms with Gasteiger partial charge in [0.25, 0.3) is 0 Å². The molecule has 0 saturated heterocycles. The summed E-state index contributed by atoms with van der Waals surface area (Å²) >= 11 is 6.16. The molecule has 2 aromatic heterocycles. The van der Waals surface area contributed by atoms with Crippen molar-refractivity contribution in [1.29, 1.82) is 0 Å². The normalized spacial score (nSPS) is 22.4. The Labute approximate surface area is 122 Å². The molecule has 0 radical (unpaired) electrons. The molecule has 3 rings (SSSR count). The van der Waals surface area contributed by atoms with Crippen LogP contribution in [-0.4, -0.2) is 20.9 Å². The minimum Gasteiger partial charge on any atom is -0.272 e. The van der Waals surface area contributed by atoms with Gasteiger partial charge in [0.15, 0.2) is 0 Å². The lowest BCUT2D eigenvalue weighted by Crippen LogP contribution is -2.08. The Morgan fingerprint density at radius 2 is 2.25 bits per heavy atom. The number of hydrogen-bond acceptors (Lipinski definition) is 2. The summed E-state index contributed by atoms with van der Waals surface area (Å²) in [5.74, 6) is 0.393. The van der Waals surface area contributed by atoms with E-state index in [0.717, 1.165) is 29.8 Å². The second kappa shape index (κ2) is 5.52. The van der Waals surface area contributed by atoms with E-state index in [1.54, 1.807) is 6.20 Å². The SMILES string of the molecule is Cc1ccc(-c2cnn(C[C@@H]3CC[C@H](F)C3)c2)c(Cl)n1. The van der Waals surface area contributed by atoms with Crippen LogP contribution in [0.5, 0.6) is 0 Å². The van der Waals surface area contributed by atoms with Crippen molar-refractivity contribution in [2.75, 3.05) is 0 Å². The van der Waals surface area contributed by atoms with Crippen LogP contribution >= 0.6 is 11.6 Å². The third-order valence-electron chi connectivity index (χ3n) is 3.85. The van der Waals surface area contributed by atoms with Crippen LogP contribution in [0.1, 0.15) is 25.0 Å². The summed E-state index contributed by atoms with van der Waals surface area (Å²) in [4.78, 5) is 4.25. The molecule has 106 valence electrons. The van der Waals surface area contributed by atoms with E-state index in [-0.39, 0.29) is 0 Å². The van der Waals surface area contributed by atoms with Gasteiger partial charge < -0.3 is 0 Å². The third kappa shape index (κ3) is 2.85. The molecule has 1 saturated carbocycles. The van der Waals surface area contributed by atoms with Gasteiger partial charge in [-0.15, -0.1) is 0 Å². The number of nitrogens with zero attached hydrogens (tertiary/aromatic N) is 3. The van der Waals surface area contributed by atoms with Crippen molar-refractivity contribution >= 4 is 11.6 Å². The summed E-state index contributed by atoms with van der Waals surface area (Å²) in [6.45, 7) is 2.68. The summed E-state index contributed by atoms with van der Waals surface area (Å²) in [5, 5.41) is 4.85. The van der Waals surface area contributed by atoms with Gasteiger partial charge in [0.2, 0.25) is 0 Å². The Balaban J connectivity index is 1.76. The number of aromatic nitrogens is 3. The molecular weight excluding hydrogens is 277 g/mol. The van der Waals surface area contributed by atoms with Crippen molar-refractivity contribution in [3.8, 4) is 11.1 Å². The molecule has 3 nitrogen and oxygen atoms in total. The summed E-state index contributed by atoms with van der Waals surface area (Å²) in [6.07, 6.45) is 5.41. The molecule has 1 aliphatic rings. The van der Waals surface area contributed by atoms with Crippen LogP contribution in [0.25, 0.3) is 11.1 Å². The zero-order valence-electron chi connectivity index (χ0n) is 11.4. The van der Waals surface area contributed by atoms with E-state index in [1.165, 1.54) is 0 Å². The maximum Gasteiger partial charge on any atom is 0.137 e. The van der Waals surface area contributed by atoms with Crippen LogP contribution in [-0.2, 0) is 6.54 Å². The van der Waals surface area contributed by atoms with Crippen molar-refractivity contribution in [2.45, 2.75) is 38.9 Å². The molecule has 0 aromatic carbocycles. The highest BCUT2D eigenvalue weighted by Crippen LogP contribution is 2.30. The average Bonchev–Trinajstić information content (AvgIpc) is 2.99. The summed E-state index contributed by atoms with van der Waals surface area (Å²) in [7, 11) is 0. The van der Waals surface area contributed by atoms with Crippen LogP contribution in [0.15, 0.2) is 24.5 Å². The van der Waals surface area contributed by atoms with Crippen LogP contribution in [0, 0.1) is 12.8 Å². The number of hydrogen-bond donors (Lipinski definition) is 0. The summed E-state index contributed by atoms with van der Waals surface area (Å²) in [6, 6.07) is 3.89. The van der Waals surface area contributed by atoms with Gasteiger partial charge in [-0.1, -0.05) is 11.6 Å². The number of aryl methyl sites for hydroxylation is 1. The lowest BCUT2D eigenvalue weighted by atomic mass is 10.1. The van der Waals surface area contributed by atoms with Crippen LogP contribution in [0.2, 0.25) is 5.15 Å². The Kier molecular flexibility index (Phi) is 3.74. The van der Waals surface area contributed by atoms with Crippen LogP contribution in [0.3, 0.4) is 0 Å². The molecule has 0 aliphatic heterocycles. The second-order valence-corrected chi connectivity index (χ2v) is 5.88. The Morgan fingerprint density at radius 1 is 1.40 bits per heavy atom. The Bertz CT molecular complexity index is 611. The fraction of sp³-hybridized carbons (Fsp3) is 0.467. The quantitative estimate of drug-likeness (QED) is 0.800. The third-order valence-corrected chi connectivity index (χ3v) is 4.14. The van der Waals surface area contributed by atoms with E-state index in [2.05, 4.69) is 10.1 Å². The molecule has 2 atom stereocenters. The van der Waals surface area contributed by atoms with Gasteiger partial charge in [-0.3, -0.25) is 4.68 Å². The van der Waals surface area contributed by atoms with Gasteiger partial charge in [-0.05, 0) is 44.2 Å². The first-order valence-corrected chi connectivity index (χ1v) is 7.29. The zero-order valence-corrected chi connectivity index (χ0v) is 12.1. The highest BCUT2D eigenvalue weighted by atomic mass is 35.5. The van der Waals surface area contributed by atoms with Gasteiger partial charge in [-0.25, -0.2) is 9.37 Å². The lowest BCUT2D eigenvalue weighted by molar-refractivity contribution is 0.320. The minimum atomic E-state index is -0.634. The maximum absolute atomic E-state index is 13.2. The monoisotopic (exact) mass is 293 g/mol. The molecule has 2 aromatic rings. The lowest BCUT2D eigenvalue weighted by Gasteiger charge is -2.08. The summed E-state index contributed by atoms with van der Waals surface area (Å²) in [5.41, 5.74) is 2.74. The van der Waals surface area contributed by atoms with E-state index in [9.17, 15) is 4.39 Å². The van der Waals surface area contributed by atoms with E-state index in [4.69, 9.17) is 11.6 Å². The second-order valence-electron chi connectivity index (χ2n) is 5.52. The Hall–Kier alpha value is -1.42. The first kappa shape index (κ1) is 13.6. The molecule has 0 bridgehead atoms. The van der Waals surface area contributed by atoms with Gasteiger partial charge in [0.05, 0.1) is 6.20 Å². The average molecular weight is 294 g/mol. The smallest absolute Gasteiger partial charge is 0.137 e. The first-order chi connectivity index (χ1) is 9.61. The van der Waals surface area contributed by atoms with Crippen LogP contribution in [0.4, 0.5) is 4.39 Å². The molecule has 5 heteroatoms. The molecule has 1 aliphatic carbocycles. The molecule has 0 unspecified atom stereocenters. The number of halogens is 2. The number of rotatable bonds is 3. The highest BCUT2D eigenvalue weighted by molar-refractivity contribution is 6.32. The number of pyridine rings is 1. The molecule has 0 amide bonds. The van der Waals surface area contributed by atoms with Gasteiger partial charge in [0, 0.05) is 29.6 Å². The fourth-order valence-corrected chi connectivity index (χ4v) is 3.09. The molecule has 0 spiro atoms. The molecule has 0 N–H and O–H groups in total. The maximum atomic E-state index is 13.2. The largest absolute Gasteiger partial charge is 0.272 e. The Morgan fingerprint density at radius 3 is 2.95 bits per heavy atom. The predicted molar refractivity (Wildman–Crippen MR) is 77.4 cm³/mol. The van der Waals surface area contributed by atoms with E-state index >= 15 is 0 Å². The van der Waals surface area contributed by atoms with E-state index in [0.29, 0.717) is 23.9 Å². The summed E-state index contributed by atoms with van der Waals surface area (Å²) < 4.78 is 15.1. The van der Waals surface area contributed by atoms with Crippen molar-refractivity contribution in [2.24, 2.45) is 5.92 Å².